The molecular formula is C13H21N3O. The zero-order valence-corrected chi connectivity index (χ0v) is 10.7. The van der Waals surface area contributed by atoms with Crippen molar-refractivity contribution >= 4 is 17.3 Å². The summed E-state index contributed by atoms with van der Waals surface area (Å²) in [7, 11) is 0. The van der Waals surface area contributed by atoms with Crippen LogP contribution in [-0.2, 0) is 4.79 Å². The van der Waals surface area contributed by atoms with Crippen LogP contribution in [0.25, 0.3) is 0 Å². The van der Waals surface area contributed by atoms with Crippen LogP contribution in [0, 0.1) is 6.92 Å². The molecule has 0 aliphatic rings. The minimum Gasteiger partial charge on any atom is -0.397 e. The lowest BCUT2D eigenvalue weighted by Gasteiger charge is -2.11. The summed E-state index contributed by atoms with van der Waals surface area (Å²) in [5, 5.41) is 6.00. The van der Waals surface area contributed by atoms with E-state index in [2.05, 4.69) is 10.6 Å². The number of nitrogens with two attached hydrogens (primary N) is 1. The maximum atomic E-state index is 11.4. The van der Waals surface area contributed by atoms with Crippen LogP contribution in [0.15, 0.2) is 18.2 Å². The van der Waals surface area contributed by atoms with Gasteiger partial charge in [0.1, 0.15) is 0 Å². The summed E-state index contributed by atoms with van der Waals surface area (Å²) in [5.74, 6) is 0.0539. The Morgan fingerprint density at radius 2 is 2.12 bits per heavy atom. The van der Waals surface area contributed by atoms with Crippen molar-refractivity contribution in [2.45, 2.75) is 33.2 Å². The third-order valence-electron chi connectivity index (χ3n) is 2.32. The SMILES string of the molecule is Cc1ccc(NCCC(=O)NC(C)C)c(N)c1. The number of hydrogen-bond acceptors (Lipinski definition) is 3. The van der Waals surface area contributed by atoms with Gasteiger partial charge in [-0.3, -0.25) is 4.79 Å². The van der Waals surface area contributed by atoms with Gasteiger partial charge < -0.3 is 16.4 Å². The number of hydrogen-bond donors (Lipinski definition) is 3. The second-order valence-corrected chi connectivity index (χ2v) is 4.49. The number of anilines is 2. The Hall–Kier alpha value is -1.71. The Morgan fingerprint density at radius 1 is 1.41 bits per heavy atom. The summed E-state index contributed by atoms with van der Waals surface area (Å²) >= 11 is 0. The Kier molecular flexibility index (Phi) is 4.82. The topological polar surface area (TPSA) is 67.2 Å². The number of benzene rings is 1. The zero-order valence-electron chi connectivity index (χ0n) is 10.7. The number of nitrogen functional groups attached to an aromatic ring is 1. The van der Waals surface area contributed by atoms with E-state index >= 15 is 0 Å². The smallest absolute Gasteiger partial charge is 0.221 e. The number of rotatable bonds is 5. The molecule has 94 valence electrons. The normalized spacial score (nSPS) is 10.4. The van der Waals surface area contributed by atoms with Crippen LogP contribution in [0.2, 0.25) is 0 Å². The molecule has 0 aromatic heterocycles. The first kappa shape index (κ1) is 13.4. The molecule has 0 aliphatic heterocycles. The first-order chi connectivity index (χ1) is 7.99. The fourth-order valence-corrected chi connectivity index (χ4v) is 1.55. The molecule has 4 heteroatoms. The second-order valence-electron chi connectivity index (χ2n) is 4.49. The molecule has 4 N–H and O–H groups in total. The largest absolute Gasteiger partial charge is 0.397 e. The van der Waals surface area contributed by atoms with E-state index in [9.17, 15) is 4.79 Å². The fraction of sp³-hybridized carbons (Fsp3) is 0.462. The molecule has 17 heavy (non-hydrogen) atoms. The monoisotopic (exact) mass is 235 g/mol. The van der Waals surface area contributed by atoms with Gasteiger partial charge in [0.2, 0.25) is 5.91 Å². The molecule has 0 aliphatic carbocycles. The third-order valence-corrected chi connectivity index (χ3v) is 2.32. The van der Waals surface area contributed by atoms with Crippen molar-refractivity contribution in [3.8, 4) is 0 Å². The minimum atomic E-state index is 0.0539. The highest BCUT2D eigenvalue weighted by molar-refractivity contribution is 5.77. The predicted molar refractivity (Wildman–Crippen MR) is 72.0 cm³/mol. The number of amides is 1. The molecule has 0 atom stereocenters. The van der Waals surface area contributed by atoms with Crippen molar-refractivity contribution in [2.24, 2.45) is 0 Å². The first-order valence-electron chi connectivity index (χ1n) is 5.88. The highest BCUT2D eigenvalue weighted by Gasteiger charge is 2.03. The van der Waals surface area contributed by atoms with Gasteiger partial charge in [-0.1, -0.05) is 6.07 Å². The molecule has 0 heterocycles. The molecular weight excluding hydrogens is 214 g/mol. The lowest BCUT2D eigenvalue weighted by Crippen LogP contribution is -2.31. The van der Waals surface area contributed by atoms with E-state index in [1.54, 1.807) is 0 Å². The Morgan fingerprint density at radius 3 is 2.71 bits per heavy atom. The highest BCUT2D eigenvalue weighted by atomic mass is 16.1. The molecule has 0 unspecified atom stereocenters. The van der Waals surface area contributed by atoms with Crippen LogP contribution >= 0.6 is 0 Å². The van der Waals surface area contributed by atoms with Crippen LogP contribution in [0.1, 0.15) is 25.8 Å². The van der Waals surface area contributed by atoms with E-state index in [4.69, 9.17) is 5.73 Å². The first-order valence-corrected chi connectivity index (χ1v) is 5.88. The molecule has 1 rings (SSSR count). The van der Waals surface area contributed by atoms with Gasteiger partial charge >= 0.3 is 0 Å². The number of nitrogens with one attached hydrogen (secondary N) is 2. The average molecular weight is 235 g/mol. The molecule has 0 saturated carbocycles. The van der Waals surface area contributed by atoms with Gasteiger partial charge in [-0.25, -0.2) is 0 Å². The maximum Gasteiger partial charge on any atom is 0.221 e. The maximum absolute atomic E-state index is 11.4. The molecule has 0 bridgehead atoms. The van der Waals surface area contributed by atoms with Gasteiger partial charge in [-0.15, -0.1) is 0 Å². The Labute approximate surface area is 103 Å². The van der Waals surface area contributed by atoms with Crippen molar-refractivity contribution in [3.05, 3.63) is 23.8 Å². The standard InChI is InChI=1S/C13H21N3O/c1-9(2)16-13(17)6-7-15-12-5-4-10(3)8-11(12)14/h4-5,8-9,15H,6-7,14H2,1-3H3,(H,16,17). The van der Waals surface area contributed by atoms with E-state index in [0.29, 0.717) is 18.7 Å². The average Bonchev–Trinajstić information content (AvgIpc) is 2.20. The van der Waals surface area contributed by atoms with Crippen molar-refractivity contribution in [2.75, 3.05) is 17.6 Å². The quantitative estimate of drug-likeness (QED) is 0.683. The summed E-state index contributed by atoms with van der Waals surface area (Å²) in [5.41, 5.74) is 8.59. The predicted octanol–water partition coefficient (Wildman–Crippen LogP) is 1.90. The molecule has 1 amide bonds. The van der Waals surface area contributed by atoms with Crippen LogP contribution in [0.5, 0.6) is 0 Å². The van der Waals surface area contributed by atoms with Gasteiger partial charge in [-0.2, -0.15) is 0 Å². The fourth-order valence-electron chi connectivity index (χ4n) is 1.55. The van der Waals surface area contributed by atoms with E-state index in [0.717, 1.165) is 11.3 Å². The number of aryl methyl sites for hydroxylation is 1. The van der Waals surface area contributed by atoms with Gasteiger partial charge in [0, 0.05) is 19.0 Å². The van der Waals surface area contributed by atoms with Crippen LogP contribution in [0.3, 0.4) is 0 Å². The van der Waals surface area contributed by atoms with Crippen molar-refractivity contribution in [1.82, 2.24) is 5.32 Å². The van der Waals surface area contributed by atoms with Crippen molar-refractivity contribution in [3.63, 3.8) is 0 Å². The molecule has 0 saturated heterocycles. The minimum absolute atomic E-state index is 0.0539. The summed E-state index contributed by atoms with van der Waals surface area (Å²) in [6.07, 6.45) is 0.450. The van der Waals surface area contributed by atoms with E-state index in [1.165, 1.54) is 0 Å². The van der Waals surface area contributed by atoms with Crippen molar-refractivity contribution in [1.29, 1.82) is 0 Å². The summed E-state index contributed by atoms with van der Waals surface area (Å²) in [6, 6.07) is 6.03. The molecule has 1 aromatic carbocycles. The van der Waals surface area contributed by atoms with Crippen LogP contribution < -0.4 is 16.4 Å². The van der Waals surface area contributed by atoms with Gasteiger partial charge in [0.25, 0.3) is 0 Å². The number of carbonyl (C=O) groups excluding carboxylic acids is 1. The van der Waals surface area contributed by atoms with Gasteiger partial charge in [0.15, 0.2) is 0 Å². The lowest BCUT2D eigenvalue weighted by molar-refractivity contribution is -0.121. The van der Waals surface area contributed by atoms with E-state index in [-0.39, 0.29) is 11.9 Å². The Bertz CT molecular complexity index is 388. The second kappa shape index (κ2) is 6.13. The zero-order chi connectivity index (χ0) is 12.8. The molecule has 0 spiro atoms. The Balaban J connectivity index is 2.38. The highest BCUT2D eigenvalue weighted by Crippen LogP contribution is 2.18. The van der Waals surface area contributed by atoms with E-state index < -0.39 is 0 Å². The molecule has 0 fully saturated rings. The summed E-state index contributed by atoms with van der Waals surface area (Å²) in [6.45, 7) is 6.48. The number of carbonyl (C=O) groups is 1. The van der Waals surface area contributed by atoms with Gasteiger partial charge in [-0.05, 0) is 38.5 Å². The van der Waals surface area contributed by atoms with Crippen LogP contribution in [0.4, 0.5) is 11.4 Å². The molecule has 1 aromatic rings. The lowest BCUT2D eigenvalue weighted by atomic mass is 10.2. The third kappa shape index (κ3) is 4.76. The van der Waals surface area contributed by atoms with E-state index in [1.807, 2.05) is 39.0 Å². The van der Waals surface area contributed by atoms with Gasteiger partial charge in [0.05, 0.1) is 11.4 Å². The van der Waals surface area contributed by atoms with Crippen molar-refractivity contribution < 1.29 is 4.79 Å². The molecule has 0 radical (unpaired) electrons. The molecule has 4 nitrogen and oxygen atoms in total. The summed E-state index contributed by atoms with van der Waals surface area (Å²) < 4.78 is 0. The van der Waals surface area contributed by atoms with Crippen LogP contribution in [-0.4, -0.2) is 18.5 Å². The summed E-state index contributed by atoms with van der Waals surface area (Å²) in [4.78, 5) is 11.4.